The van der Waals surface area contributed by atoms with Crippen molar-refractivity contribution in [3.05, 3.63) is 29.8 Å². The van der Waals surface area contributed by atoms with Gasteiger partial charge in [0.1, 0.15) is 11.4 Å². The Labute approximate surface area is 186 Å². The first-order chi connectivity index (χ1) is 12.6. The minimum absolute atomic E-state index is 0. The van der Waals surface area contributed by atoms with Crippen molar-refractivity contribution in [1.82, 2.24) is 16.0 Å². The first-order valence-electron chi connectivity index (χ1n) is 9.73. The number of para-hydroxylation sites is 1. The molecule has 0 saturated heterocycles. The van der Waals surface area contributed by atoms with Gasteiger partial charge in [0.05, 0.1) is 12.6 Å². The van der Waals surface area contributed by atoms with Gasteiger partial charge in [-0.05, 0) is 26.8 Å². The molecular formula is C21H35IN4O2. The van der Waals surface area contributed by atoms with E-state index >= 15 is 0 Å². The van der Waals surface area contributed by atoms with Crippen molar-refractivity contribution in [2.45, 2.75) is 59.6 Å². The molecule has 1 aliphatic heterocycles. The fraction of sp³-hybridized carbons (Fsp3) is 0.619. The standard InChI is InChI=1S/C21H34N4O2.HI/c1-7-22-19(24-13-12-23-18(26)20(2,3)4)25-16-14-21(5,6)27-17-11-9-8-10-15(16)17;/h8-11,16H,7,12-14H2,1-6H3,(H,23,26)(H2,22,24,25);1H. The Hall–Kier alpha value is -1.51. The molecule has 1 aliphatic rings. The van der Waals surface area contributed by atoms with Gasteiger partial charge in [0.15, 0.2) is 5.96 Å². The summed E-state index contributed by atoms with van der Waals surface area (Å²) in [5.74, 6) is 1.70. The molecule has 6 nitrogen and oxygen atoms in total. The van der Waals surface area contributed by atoms with Gasteiger partial charge < -0.3 is 20.7 Å². The zero-order chi connectivity index (χ0) is 20.1. The maximum atomic E-state index is 12.0. The van der Waals surface area contributed by atoms with E-state index in [4.69, 9.17) is 4.74 Å². The summed E-state index contributed by atoms with van der Waals surface area (Å²) in [5.41, 5.74) is 0.511. The predicted octanol–water partition coefficient (Wildman–Crippen LogP) is 3.62. The summed E-state index contributed by atoms with van der Waals surface area (Å²) < 4.78 is 6.10. The number of halogens is 1. The molecule has 1 amide bonds. The molecule has 0 saturated carbocycles. The molecule has 1 aromatic rings. The van der Waals surface area contributed by atoms with Gasteiger partial charge in [0.25, 0.3) is 0 Å². The summed E-state index contributed by atoms with van der Waals surface area (Å²) in [6.07, 6.45) is 0.842. The van der Waals surface area contributed by atoms with Gasteiger partial charge in [0, 0.05) is 30.5 Å². The minimum Gasteiger partial charge on any atom is -0.487 e. The van der Waals surface area contributed by atoms with E-state index in [1.807, 2.05) is 45.9 Å². The minimum atomic E-state index is -0.385. The predicted molar refractivity (Wildman–Crippen MR) is 126 cm³/mol. The smallest absolute Gasteiger partial charge is 0.225 e. The van der Waals surface area contributed by atoms with Crippen molar-refractivity contribution < 1.29 is 9.53 Å². The van der Waals surface area contributed by atoms with E-state index in [0.717, 1.165) is 30.2 Å². The van der Waals surface area contributed by atoms with E-state index in [-0.39, 0.29) is 46.9 Å². The maximum Gasteiger partial charge on any atom is 0.225 e. The second kappa shape index (κ2) is 10.3. The number of hydrogen-bond acceptors (Lipinski definition) is 3. The van der Waals surface area contributed by atoms with Crippen molar-refractivity contribution in [3.63, 3.8) is 0 Å². The highest BCUT2D eigenvalue weighted by atomic mass is 127. The number of fused-ring (bicyclic) bond motifs is 1. The summed E-state index contributed by atoms with van der Waals surface area (Å²) >= 11 is 0. The van der Waals surface area contributed by atoms with Gasteiger partial charge in [-0.3, -0.25) is 9.79 Å². The fourth-order valence-electron chi connectivity index (χ4n) is 3.02. The van der Waals surface area contributed by atoms with Crippen LogP contribution in [0.4, 0.5) is 0 Å². The number of ether oxygens (including phenoxy) is 1. The van der Waals surface area contributed by atoms with Gasteiger partial charge >= 0.3 is 0 Å². The van der Waals surface area contributed by atoms with E-state index in [9.17, 15) is 4.79 Å². The lowest BCUT2D eigenvalue weighted by Crippen LogP contribution is -2.45. The Balaban J connectivity index is 0.00000392. The molecule has 3 N–H and O–H groups in total. The molecule has 0 spiro atoms. The molecule has 2 rings (SSSR count). The molecule has 0 aromatic heterocycles. The van der Waals surface area contributed by atoms with E-state index in [1.165, 1.54) is 0 Å². The average molecular weight is 502 g/mol. The Kier molecular flexibility index (Phi) is 9.04. The van der Waals surface area contributed by atoms with Crippen LogP contribution in [0.1, 0.15) is 59.6 Å². The van der Waals surface area contributed by atoms with E-state index in [1.54, 1.807) is 0 Å². The molecule has 0 bridgehead atoms. The fourth-order valence-corrected chi connectivity index (χ4v) is 3.02. The Morgan fingerprint density at radius 3 is 2.57 bits per heavy atom. The third kappa shape index (κ3) is 7.14. The summed E-state index contributed by atoms with van der Waals surface area (Å²) in [5, 5.41) is 9.76. The number of carbonyl (C=O) groups is 1. The first-order valence-corrected chi connectivity index (χ1v) is 9.73. The molecule has 0 fully saturated rings. The van der Waals surface area contributed by atoms with Crippen LogP contribution in [0.3, 0.4) is 0 Å². The zero-order valence-corrected chi connectivity index (χ0v) is 20.2. The monoisotopic (exact) mass is 502 g/mol. The highest BCUT2D eigenvalue weighted by molar-refractivity contribution is 14.0. The van der Waals surface area contributed by atoms with Crippen LogP contribution in [-0.4, -0.2) is 37.1 Å². The highest BCUT2D eigenvalue weighted by Gasteiger charge is 2.33. The summed E-state index contributed by atoms with van der Waals surface area (Å²) in [7, 11) is 0. The number of aliphatic imine (C=N–C) groups is 1. The average Bonchev–Trinajstić information content (AvgIpc) is 2.56. The van der Waals surface area contributed by atoms with Crippen LogP contribution in [0.25, 0.3) is 0 Å². The normalized spacial score (nSPS) is 18.2. The molecule has 28 heavy (non-hydrogen) atoms. The van der Waals surface area contributed by atoms with E-state index in [0.29, 0.717) is 13.1 Å². The number of guanidine groups is 1. The molecule has 1 aromatic carbocycles. The molecule has 1 unspecified atom stereocenters. The topological polar surface area (TPSA) is 74.8 Å². The third-order valence-electron chi connectivity index (χ3n) is 4.38. The second-order valence-corrected chi connectivity index (χ2v) is 8.57. The van der Waals surface area contributed by atoms with Gasteiger partial charge in [0.2, 0.25) is 5.91 Å². The van der Waals surface area contributed by atoms with Crippen molar-refractivity contribution >= 4 is 35.8 Å². The number of carbonyl (C=O) groups excluding carboxylic acids is 1. The van der Waals surface area contributed by atoms with Crippen LogP contribution >= 0.6 is 24.0 Å². The van der Waals surface area contributed by atoms with Crippen molar-refractivity contribution in [1.29, 1.82) is 0 Å². The van der Waals surface area contributed by atoms with Crippen LogP contribution in [0.15, 0.2) is 29.3 Å². The van der Waals surface area contributed by atoms with E-state index < -0.39 is 0 Å². The number of nitrogens with zero attached hydrogens (tertiary/aromatic N) is 1. The lowest BCUT2D eigenvalue weighted by atomic mass is 9.90. The van der Waals surface area contributed by atoms with Gasteiger partial charge in [-0.25, -0.2) is 0 Å². The van der Waals surface area contributed by atoms with E-state index in [2.05, 4.69) is 40.9 Å². The molecule has 1 heterocycles. The molecule has 0 aliphatic carbocycles. The van der Waals surface area contributed by atoms with Crippen LogP contribution < -0.4 is 20.7 Å². The van der Waals surface area contributed by atoms with Crippen molar-refractivity contribution in [3.8, 4) is 5.75 Å². The van der Waals surface area contributed by atoms with Crippen LogP contribution in [0, 0.1) is 5.41 Å². The summed E-state index contributed by atoms with van der Waals surface area (Å²) in [4.78, 5) is 16.6. The molecule has 158 valence electrons. The Morgan fingerprint density at radius 1 is 1.25 bits per heavy atom. The van der Waals surface area contributed by atoms with Gasteiger partial charge in [-0.1, -0.05) is 39.0 Å². The molecule has 1 atom stereocenters. The SMILES string of the molecule is CCNC(=NCCNC(=O)C(C)(C)C)NC1CC(C)(C)Oc2ccccc21.I. The second-order valence-electron chi connectivity index (χ2n) is 8.57. The molecule has 7 heteroatoms. The van der Waals surface area contributed by atoms with Crippen LogP contribution in [0.5, 0.6) is 5.75 Å². The van der Waals surface area contributed by atoms with Crippen LogP contribution in [0.2, 0.25) is 0 Å². The lowest BCUT2D eigenvalue weighted by molar-refractivity contribution is -0.128. The largest absolute Gasteiger partial charge is 0.487 e. The highest BCUT2D eigenvalue weighted by Crippen LogP contribution is 2.39. The Morgan fingerprint density at radius 2 is 1.93 bits per heavy atom. The van der Waals surface area contributed by atoms with Crippen LogP contribution in [-0.2, 0) is 4.79 Å². The number of rotatable bonds is 5. The summed E-state index contributed by atoms with van der Waals surface area (Å²) in [6, 6.07) is 8.24. The number of nitrogens with one attached hydrogen (secondary N) is 3. The van der Waals surface area contributed by atoms with Crippen molar-refractivity contribution in [2.24, 2.45) is 10.4 Å². The molecule has 0 radical (unpaired) electrons. The lowest BCUT2D eigenvalue weighted by Gasteiger charge is -2.38. The number of hydrogen-bond donors (Lipinski definition) is 3. The number of benzene rings is 1. The van der Waals surface area contributed by atoms with Gasteiger partial charge in [-0.15, -0.1) is 24.0 Å². The van der Waals surface area contributed by atoms with Gasteiger partial charge in [-0.2, -0.15) is 0 Å². The maximum absolute atomic E-state index is 12.0. The van der Waals surface area contributed by atoms with Crippen molar-refractivity contribution in [2.75, 3.05) is 19.6 Å². The molecular weight excluding hydrogens is 467 g/mol. The Bertz CT molecular complexity index is 683. The third-order valence-corrected chi connectivity index (χ3v) is 4.38. The summed E-state index contributed by atoms with van der Waals surface area (Å²) in [6.45, 7) is 13.8. The quantitative estimate of drug-likeness (QED) is 0.249. The number of amides is 1. The first kappa shape index (κ1) is 24.5. The zero-order valence-electron chi connectivity index (χ0n) is 17.9.